The van der Waals surface area contributed by atoms with E-state index in [1.165, 1.54) is 16.9 Å². The molecule has 0 bridgehead atoms. The number of aryl methyl sites for hydroxylation is 1. The van der Waals surface area contributed by atoms with Crippen molar-refractivity contribution < 1.29 is 9.36 Å². The topological polar surface area (TPSA) is 47.0 Å². The largest absolute Gasteiger partial charge is 0.392 e. The first-order valence-corrected chi connectivity index (χ1v) is 11.2. The van der Waals surface area contributed by atoms with Gasteiger partial charge in [0, 0.05) is 23.4 Å². The number of carbonyl (C=O) groups is 1. The Morgan fingerprint density at radius 3 is 2.21 bits per heavy atom. The van der Waals surface area contributed by atoms with Crippen LogP contribution < -0.4 is 10.3 Å². The van der Waals surface area contributed by atoms with Gasteiger partial charge in [-0.05, 0) is 12.0 Å². The van der Waals surface area contributed by atoms with Crippen LogP contribution in [0.3, 0.4) is 0 Å². The Hall–Kier alpha value is -2.89. The molecule has 0 fully saturated rings. The van der Waals surface area contributed by atoms with Crippen LogP contribution >= 0.6 is 23.1 Å². The molecule has 144 valence electrons. The van der Waals surface area contributed by atoms with Gasteiger partial charge in [-0.2, -0.15) is 4.57 Å². The molecule has 5 heteroatoms. The lowest BCUT2D eigenvalue weighted by Gasteiger charge is -2.01. The van der Waals surface area contributed by atoms with Crippen LogP contribution in [0.2, 0.25) is 0 Å². The Morgan fingerprint density at radius 2 is 1.52 bits per heavy atom. The number of thiophene rings is 1. The molecule has 4 rings (SSSR count). The second-order valence-corrected chi connectivity index (χ2v) is 8.93. The summed E-state index contributed by atoms with van der Waals surface area (Å²) in [7, 11) is 0. The molecule has 0 atom stereocenters. The Kier molecular flexibility index (Phi) is 6.08. The van der Waals surface area contributed by atoms with E-state index in [4.69, 9.17) is 5.73 Å². The lowest BCUT2D eigenvalue weighted by atomic mass is 10.1. The van der Waals surface area contributed by atoms with Gasteiger partial charge >= 0.3 is 0 Å². The van der Waals surface area contributed by atoms with Crippen LogP contribution in [0.4, 0.5) is 5.69 Å². The number of benzene rings is 2. The summed E-state index contributed by atoms with van der Waals surface area (Å²) in [6.45, 7) is 0. The second-order valence-electron chi connectivity index (χ2n) is 6.54. The van der Waals surface area contributed by atoms with Crippen molar-refractivity contribution in [2.75, 3.05) is 11.5 Å². The third kappa shape index (κ3) is 4.42. The monoisotopic (exact) mass is 417 g/mol. The first-order valence-electron chi connectivity index (χ1n) is 9.39. The van der Waals surface area contributed by atoms with Crippen LogP contribution in [-0.4, -0.2) is 11.5 Å². The molecule has 29 heavy (non-hydrogen) atoms. The van der Waals surface area contributed by atoms with Crippen LogP contribution in [0.1, 0.15) is 20.8 Å². The molecule has 0 radical (unpaired) electrons. The predicted octanol–water partition coefficient (Wildman–Crippen LogP) is 5.17. The molecule has 2 heterocycles. The van der Waals surface area contributed by atoms with E-state index in [1.54, 1.807) is 11.8 Å². The van der Waals surface area contributed by atoms with E-state index in [1.807, 2.05) is 71.6 Å². The molecular formula is C24H21N2OS2+. The SMILES string of the molecule is Nc1c(C(=O)c2ccccc2)sc(SCCc2ccccc2)c1-[n+]1ccccc1. The summed E-state index contributed by atoms with van der Waals surface area (Å²) in [6.07, 6.45) is 4.90. The zero-order valence-corrected chi connectivity index (χ0v) is 17.5. The summed E-state index contributed by atoms with van der Waals surface area (Å²) in [6, 6.07) is 25.7. The minimum Gasteiger partial charge on any atom is -0.392 e. The van der Waals surface area contributed by atoms with Gasteiger partial charge in [0.2, 0.25) is 5.78 Å². The number of nitrogen functional groups attached to an aromatic ring is 1. The van der Waals surface area contributed by atoms with Crippen LogP contribution in [0.5, 0.6) is 0 Å². The van der Waals surface area contributed by atoms with Crippen molar-refractivity contribution in [3.05, 3.63) is 107 Å². The first kappa shape index (κ1) is 19.4. The van der Waals surface area contributed by atoms with Gasteiger partial charge in [-0.3, -0.25) is 4.79 Å². The highest BCUT2D eigenvalue weighted by Gasteiger charge is 2.28. The van der Waals surface area contributed by atoms with E-state index in [2.05, 4.69) is 24.3 Å². The third-order valence-corrected chi connectivity index (χ3v) is 7.03. The van der Waals surface area contributed by atoms with Gasteiger partial charge in [0.25, 0.3) is 5.69 Å². The number of rotatable bonds is 7. The van der Waals surface area contributed by atoms with Gasteiger partial charge < -0.3 is 5.73 Å². The molecule has 0 aliphatic rings. The van der Waals surface area contributed by atoms with Crippen molar-refractivity contribution in [1.82, 2.24) is 0 Å². The number of aromatic nitrogens is 1. The molecule has 0 spiro atoms. The lowest BCUT2D eigenvalue weighted by molar-refractivity contribution is -0.596. The van der Waals surface area contributed by atoms with Crippen molar-refractivity contribution in [1.29, 1.82) is 0 Å². The van der Waals surface area contributed by atoms with Gasteiger partial charge in [0.15, 0.2) is 12.4 Å². The fourth-order valence-corrected chi connectivity index (χ4v) is 5.62. The normalized spacial score (nSPS) is 10.8. The smallest absolute Gasteiger partial charge is 0.259 e. The average molecular weight is 418 g/mol. The highest BCUT2D eigenvalue weighted by molar-refractivity contribution is 8.01. The minimum absolute atomic E-state index is 0.0270. The molecule has 3 nitrogen and oxygen atoms in total. The molecule has 2 aromatic carbocycles. The molecule has 0 aliphatic heterocycles. The van der Waals surface area contributed by atoms with Gasteiger partial charge in [-0.25, -0.2) is 0 Å². The maximum absolute atomic E-state index is 13.1. The number of thioether (sulfide) groups is 1. The first-order chi connectivity index (χ1) is 14.2. The zero-order valence-electron chi connectivity index (χ0n) is 15.8. The van der Waals surface area contributed by atoms with Crippen molar-refractivity contribution >= 4 is 34.6 Å². The number of anilines is 1. The second kappa shape index (κ2) is 9.07. The van der Waals surface area contributed by atoms with E-state index >= 15 is 0 Å². The number of hydrogen-bond acceptors (Lipinski definition) is 4. The number of hydrogen-bond donors (Lipinski definition) is 1. The molecule has 0 saturated carbocycles. The van der Waals surface area contributed by atoms with Gasteiger partial charge in [0.1, 0.15) is 14.8 Å². The summed E-state index contributed by atoms with van der Waals surface area (Å²) in [4.78, 5) is 13.7. The van der Waals surface area contributed by atoms with Crippen LogP contribution in [0.25, 0.3) is 5.69 Å². The molecule has 2 aromatic heterocycles. The quantitative estimate of drug-likeness (QED) is 0.256. The van der Waals surface area contributed by atoms with Crippen LogP contribution in [0.15, 0.2) is 95.5 Å². The highest BCUT2D eigenvalue weighted by atomic mass is 32.2. The summed E-state index contributed by atoms with van der Waals surface area (Å²) in [5.74, 6) is 0.893. The van der Waals surface area contributed by atoms with E-state index < -0.39 is 0 Å². The molecule has 2 N–H and O–H groups in total. The fraction of sp³-hybridized carbons (Fsp3) is 0.0833. The number of nitrogens with two attached hydrogens (primary N) is 1. The molecular weight excluding hydrogens is 396 g/mol. The third-order valence-electron chi connectivity index (χ3n) is 4.57. The Morgan fingerprint density at radius 1 is 0.897 bits per heavy atom. The Labute approximate surface area is 178 Å². The van der Waals surface area contributed by atoms with E-state index in [9.17, 15) is 4.79 Å². The van der Waals surface area contributed by atoms with E-state index in [0.29, 0.717) is 16.1 Å². The van der Waals surface area contributed by atoms with Crippen molar-refractivity contribution in [3.63, 3.8) is 0 Å². The van der Waals surface area contributed by atoms with Crippen LogP contribution in [0, 0.1) is 0 Å². The zero-order chi connectivity index (χ0) is 20.1. The molecule has 4 aromatic rings. The molecule has 0 aliphatic carbocycles. The maximum Gasteiger partial charge on any atom is 0.259 e. The van der Waals surface area contributed by atoms with Crippen molar-refractivity contribution in [2.24, 2.45) is 0 Å². The van der Waals surface area contributed by atoms with E-state index in [-0.39, 0.29) is 5.78 Å². The number of nitrogens with zero attached hydrogens (tertiary/aromatic N) is 1. The lowest BCUT2D eigenvalue weighted by Crippen LogP contribution is -2.30. The van der Waals surface area contributed by atoms with Gasteiger partial charge in [0.05, 0.1) is 0 Å². The number of pyridine rings is 1. The maximum atomic E-state index is 13.1. The molecule has 0 saturated heterocycles. The van der Waals surface area contributed by atoms with Crippen molar-refractivity contribution in [2.45, 2.75) is 10.6 Å². The van der Waals surface area contributed by atoms with Crippen LogP contribution in [-0.2, 0) is 6.42 Å². The van der Waals surface area contributed by atoms with Gasteiger partial charge in [-0.1, -0.05) is 66.7 Å². The predicted molar refractivity (Wildman–Crippen MR) is 121 cm³/mol. The summed E-state index contributed by atoms with van der Waals surface area (Å²) in [5, 5.41) is 0. The standard InChI is InChI=1S/C24H20N2OS2/c25-20-21(26-15-8-3-9-16-26)24(28-17-14-18-10-4-1-5-11-18)29-23(20)22(27)19-12-6-2-7-13-19/h1-13,15-16H,14,17H2,(H-,25,27)/p+1. The fourth-order valence-electron chi connectivity index (χ4n) is 3.10. The molecule has 0 unspecified atom stereocenters. The Bertz CT molecular complexity index is 1090. The summed E-state index contributed by atoms with van der Waals surface area (Å²) >= 11 is 3.24. The minimum atomic E-state index is -0.0270. The summed E-state index contributed by atoms with van der Waals surface area (Å²) in [5.41, 5.74) is 9.92. The van der Waals surface area contributed by atoms with Gasteiger partial charge in [-0.15, -0.1) is 23.1 Å². The number of carbonyl (C=O) groups excluding carboxylic acids is 1. The highest BCUT2D eigenvalue weighted by Crippen LogP contribution is 2.39. The average Bonchev–Trinajstić information content (AvgIpc) is 3.11. The number of ketones is 1. The van der Waals surface area contributed by atoms with E-state index in [0.717, 1.165) is 22.1 Å². The van der Waals surface area contributed by atoms with Crippen molar-refractivity contribution in [3.8, 4) is 5.69 Å². The summed E-state index contributed by atoms with van der Waals surface area (Å²) < 4.78 is 3.06. The Balaban J connectivity index is 1.66. The molecule has 0 amide bonds.